The minimum absolute atomic E-state index is 0.328. The van der Waals surface area contributed by atoms with Crippen LogP contribution in [0.5, 0.6) is 5.75 Å². The number of amides is 1. The lowest BCUT2D eigenvalue weighted by Gasteiger charge is -2.14. The van der Waals surface area contributed by atoms with Gasteiger partial charge in [0.2, 0.25) is 0 Å². The highest BCUT2D eigenvalue weighted by Crippen LogP contribution is 2.33. The third-order valence-corrected chi connectivity index (χ3v) is 4.84. The van der Waals surface area contributed by atoms with Gasteiger partial charge >= 0.3 is 5.97 Å². The summed E-state index contributed by atoms with van der Waals surface area (Å²) in [6.07, 6.45) is 2.57. The van der Waals surface area contributed by atoms with Crippen LogP contribution < -0.4 is 10.1 Å². The fourth-order valence-corrected chi connectivity index (χ4v) is 3.11. The number of nitrogens with one attached hydrogen (secondary N) is 1. The van der Waals surface area contributed by atoms with Gasteiger partial charge in [0, 0.05) is 10.9 Å². The molecule has 2 N–H and O–H groups in total. The topological polar surface area (TPSA) is 88.5 Å². The van der Waals surface area contributed by atoms with E-state index < -0.39 is 17.9 Å². The summed E-state index contributed by atoms with van der Waals surface area (Å²) in [7, 11) is 0. The van der Waals surface area contributed by atoms with Gasteiger partial charge in [-0.25, -0.2) is 9.78 Å². The third-order valence-electron chi connectivity index (χ3n) is 4.02. The van der Waals surface area contributed by atoms with Gasteiger partial charge in [-0.05, 0) is 37.5 Å². The number of aliphatic carboxylic acids is 1. The standard InChI is InChI=1S/C18H20N2O4S/c1-11-19-14(10-25-11)9-24-15-4-2-3-13(8-15)17(21)20-16(18(22)23)7-12-5-6-12/h2-4,8,10,12,16H,5-7,9H2,1H3,(H,20,21)(H,22,23). The Hall–Kier alpha value is -2.41. The van der Waals surface area contributed by atoms with E-state index in [4.69, 9.17) is 4.74 Å². The summed E-state index contributed by atoms with van der Waals surface area (Å²) < 4.78 is 5.67. The van der Waals surface area contributed by atoms with Gasteiger partial charge in [-0.3, -0.25) is 4.79 Å². The molecule has 1 saturated carbocycles. The van der Waals surface area contributed by atoms with Crippen molar-refractivity contribution < 1.29 is 19.4 Å². The molecule has 1 atom stereocenters. The van der Waals surface area contributed by atoms with E-state index in [1.807, 2.05) is 12.3 Å². The lowest BCUT2D eigenvalue weighted by atomic mass is 10.1. The van der Waals surface area contributed by atoms with Crippen molar-refractivity contribution in [3.05, 3.63) is 45.9 Å². The number of carboxylic acid groups (broad SMARTS) is 1. The monoisotopic (exact) mass is 360 g/mol. The Morgan fingerprint density at radius 2 is 2.24 bits per heavy atom. The van der Waals surface area contributed by atoms with Crippen LogP contribution in [0.2, 0.25) is 0 Å². The number of hydrogen-bond acceptors (Lipinski definition) is 5. The van der Waals surface area contributed by atoms with Crippen molar-refractivity contribution >= 4 is 23.2 Å². The lowest BCUT2D eigenvalue weighted by Crippen LogP contribution is -2.41. The normalized spacial score (nSPS) is 14.8. The van der Waals surface area contributed by atoms with E-state index >= 15 is 0 Å². The molecule has 0 radical (unpaired) electrons. The van der Waals surface area contributed by atoms with Crippen LogP contribution in [-0.4, -0.2) is 28.0 Å². The zero-order valence-corrected chi connectivity index (χ0v) is 14.7. The first-order valence-electron chi connectivity index (χ1n) is 8.19. The number of hydrogen-bond donors (Lipinski definition) is 2. The van der Waals surface area contributed by atoms with E-state index in [0.29, 0.717) is 30.3 Å². The number of benzene rings is 1. The van der Waals surface area contributed by atoms with Gasteiger partial charge in [0.1, 0.15) is 18.4 Å². The predicted octanol–water partition coefficient (Wildman–Crippen LogP) is 3.01. The summed E-state index contributed by atoms with van der Waals surface area (Å²) in [5.41, 5.74) is 1.22. The Kier molecular flexibility index (Phi) is 5.33. The van der Waals surface area contributed by atoms with E-state index in [2.05, 4.69) is 10.3 Å². The fraction of sp³-hybridized carbons (Fsp3) is 0.389. The number of rotatable bonds is 8. The molecule has 1 aromatic carbocycles. The van der Waals surface area contributed by atoms with Crippen LogP contribution in [0.3, 0.4) is 0 Å². The van der Waals surface area contributed by atoms with E-state index in [9.17, 15) is 14.7 Å². The van der Waals surface area contributed by atoms with Crippen molar-refractivity contribution in [3.8, 4) is 5.75 Å². The molecule has 2 aromatic rings. The van der Waals surface area contributed by atoms with Crippen molar-refractivity contribution in [2.75, 3.05) is 0 Å². The quantitative estimate of drug-likeness (QED) is 0.755. The highest BCUT2D eigenvalue weighted by molar-refractivity contribution is 7.09. The fourth-order valence-electron chi connectivity index (χ4n) is 2.51. The van der Waals surface area contributed by atoms with E-state index in [-0.39, 0.29) is 0 Å². The van der Waals surface area contributed by atoms with E-state index in [1.54, 1.807) is 35.6 Å². The van der Waals surface area contributed by atoms with E-state index in [1.165, 1.54) is 0 Å². The SMILES string of the molecule is Cc1nc(COc2cccc(C(=O)NC(CC3CC3)C(=O)O)c2)cs1. The average Bonchev–Trinajstić information content (AvgIpc) is 3.31. The Labute approximate surface area is 149 Å². The maximum Gasteiger partial charge on any atom is 0.326 e. The molecule has 0 spiro atoms. The van der Waals surface area contributed by atoms with Crippen molar-refractivity contribution in [3.63, 3.8) is 0 Å². The molecule has 1 fully saturated rings. The van der Waals surface area contributed by atoms with E-state index in [0.717, 1.165) is 23.5 Å². The molecule has 0 aliphatic heterocycles. The summed E-state index contributed by atoms with van der Waals surface area (Å²) in [6.45, 7) is 2.26. The molecular formula is C18H20N2O4S. The van der Waals surface area contributed by atoms with Crippen LogP contribution >= 0.6 is 11.3 Å². The number of carboxylic acids is 1. The van der Waals surface area contributed by atoms with Crippen LogP contribution in [0.25, 0.3) is 0 Å². The average molecular weight is 360 g/mol. The number of nitrogens with zero attached hydrogens (tertiary/aromatic N) is 1. The van der Waals surface area contributed by atoms with Gasteiger partial charge in [0.25, 0.3) is 5.91 Å². The third kappa shape index (κ3) is 5.03. The highest BCUT2D eigenvalue weighted by atomic mass is 32.1. The Morgan fingerprint density at radius 1 is 1.44 bits per heavy atom. The zero-order valence-electron chi connectivity index (χ0n) is 13.9. The van der Waals surface area contributed by atoms with Gasteiger partial charge in [-0.15, -0.1) is 11.3 Å². The molecule has 1 heterocycles. The first-order chi connectivity index (χ1) is 12.0. The van der Waals surface area contributed by atoms with Crippen LogP contribution in [0.4, 0.5) is 0 Å². The van der Waals surface area contributed by atoms with Crippen LogP contribution in [0.15, 0.2) is 29.6 Å². The molecule has 1 amide bonds. The lowest BCUT2D eigenvalue weighted by molar-refractivity contribution is -0.139. The molecular weight excluding hydrogens is 340 g/mol. The molecule has 3 rings (SSSR count). The molecule has 132 valence electrons. The molecule has 25 heavy (non-hydrogen) atoms. The zero-order chi connectivity index (χ0) is 17.8. The highest BCUT2D eigenvalue weighted by Gasteiger charge is 2.30. The first-order valence-corrected chi connectivity index (χ1v) is 9.07. The smallest absolute Gasteiger partial charge is 0.326 e. The minimum Gasteiger partial charge on any atom is -0.487 e. The number of aromatic nitrogens is 1. The van der Waals surface area contributed by atoms with Crippen LogP contribution in [0.1, 0.15) is 40.3 Å². The minimum atomic E-state index is -0.994. The second kappa shape index (κ2) is 7.65. The van der Waals surface area contributed by atoms with Crippen LogP contribution in [0, 0.1) is 12.8 Å². The molecule has 1 aliphatic carbocycles. The second-order valence-electron chi connectivity index (χ2n) is 6.22. The van der Waals surface area contributed by atoms with Crippen molar-refractivity contribution in [1.82, 2.24) is 10.3 Å². The van der Waals surface area contributed by atoms with Crippen molar-refractivity contribution in [2.24, 2.45) is 5.92 Å². The number of carbonyl (C=O) groups is 2. The van der Waals surface area contributed by atoms with Crippen molar-refractivity contribution in [1.29, 1.82) is 0 Å². The largest absolute Gasteiger partial charge is 0.487 e. The number of aryl methyl sites for hydroxylation is 1. The first kappa shape index (κ1) is 17.4. The molecule has 0 bridgehead atoms. The number of carbonyl (C=O) groups excluding carboxylic acids is 1. The molecule has 1 aliphatic rings. The van der Waals surface area contributed by atoms with Gasteiger partial charge < -0.3 is 15.2 Å². The van der Waals surface area contributed by atoms with Gasteiger partial charge in [0.15, 0.2) is 0 Å². The Morgan fingerprint density at radius 3 is 2.88 bits per heavy atom. The summed E-state index contributed by atoms with van der Waals surface area (Å²) in [5, 5.41) is 14.8. The van der Waals surface area contributed by atoms with Gasteiger partial charge in [-0.1, -0.05) is 18.9 Å². The Bertz CT molecular complexity index is 770. The Balaban J connectivity index is 1.61. The van der Waals surface area contributed by atoms with Crippen LogP contribution in [-0.2, 0) is 11.4 Å². The summed E-state index contributed by atoms with van der Waals surface area (Å²) in [5.74, 6) is -0.431. The molecule has 1 unspecified atom stereocenters. The molecule has 7 heteroatoms. The molecule has 1 aromatic heterocycles. The summed E-state index contributed by atoms with van der Waals surface area (Å²) in [6, 6.07) is 5.89. The predicted molar refractivity (Wildman–Crippen MR) is 93.9 cm³/mol. The maximum absolute atomic E-state index is 12.4. The van der Waals surface area contributed by atoms with Crippen molar-refractivity contribution in [2.45, 2.75) is 38.8 Å². The number of ether oxygens (including phenoxy) is 1. The summed E-state index contributed by atoms with van der Waals surface area (Å²) in [4.78, 5) is 28.0. The summed E-state index contributed by atoms with van der Waals surface area (Å²) >= 11 is 1.56. The second-order valence-corrected chi connectivity index (χ2v) is 7.28. The maximum atomic E-state index is 12.4. The number of thiazole rings is 1. The molecule has 6 nitrogen and oxygen atoms in total. The van der Waals surface area contributed by atoms with Gasteiger partial charge in [-0.2, -0.15) is 0 Å². The van der Waals surface area contributed by atoms with Gasteiger partial charge in [0.05, 0.1) is 10.7 Å². The molecule has 0 saturated heterocycles.